The molecule has 0 bridgehead atoms. The molecule has 0 unspecified atom stereocenters. The molecule has 1 aliphatic heterocycles. The highest BCUT2D eigenvalue weighted by Gasteiger charge is 2.34. The fraction of sp³-hybridized carbons (Fsp3) is 0.286. The van der Waals surface area contributed by atoms with Crippen LogP contribution in [-0.4, -0.2) is 37.9 Å². The van der Waals surface area contributed by atoms with Crippen molar-refractivity contribution in [3.63, 3.8) is 0 Å². The quantitative estimate of drug-likeness (QED) is 0.574. The number of hydrogen-bond acceptors (Lipinski definition) is 3. The Hall–Kier alpha value is -3.44. The summed E-state index contributed by atoms with van der Waals surface area (Å²) < 4.78 is 0. The predicted molar refractivity (Wildman–Crippen MR) is 133 cm³/mol. The number of carbonyl (C=O) groups is 2. The average molecular weight is 443 g/mol. The minimum atomic E-state index is -0.270. The number of anilines is 2. The van der Waals surface area contributed by atoms with Gasteiger partial charge in [-0.15, -0.1) is 0 Å². The van der Waals surface area contributed by atoms with E-state index >= 15 is 0 Å². The van der Waals surface area contributed by atoms with Gasteiger partial charge < -0.3 is 15.1 Å². The van der Waals surface area contributed by atoms with Crippen molar-refractivity contribution in [1.82, 2.24) is 0 Å². The highest BCUT2D eigenvalue weighted by Crippen LogP contribution is 2.20. The number of rotatable bonds is 6. The Morgan fingerprint density at radius 2 is 1.58 bits per heavy atom. The molecule has 4 rings (SSSR count). The molecular weight excluding hydrogens is 410 g/mol. The maximum Gasteiger partial charge on any atom is 0.287 e. The second-order valence-corrected chi connectivity index (χ2v) is 8.90. The Kier molecular flexibility index (Phi) is 6.90. The Morgan fingerprint density at radius 3 is 2.21 bits per heavy atom. The number of amides is 1. The van der Waals surface area contributed by atoms with E-state index in [1.54, 1.807) is 6.92 Å². The van der Waals surface area contributed by atoms with E-state index in [-0.39, 0.29) is 17.7 Å². The molecule has 0 spiro atoms. The van der Waals surface area contributed by atoms with Gasteiger partial charge in [0.1, 0.15) is 0 Å². The first-order valence-corrected chi connectivity index (χ1v) is 11.6. The highest BCUT2D eigenvalue weighted by atomic mass is 16.2. The Balaban J connectivity index is 1.51. The van der Waals surface area contributed by atoms with Gasteiger partial charge in [0.25, 0.3) is 5.91 Å². The standard InChI is InChI=1S/C28H31N3O2/c1-20-9-10-21(2)26(19-20)29-28(33)27(24-7-5-4-6-8-24)31-17-15-30(16-18-31)25-13-11-23(12-14-25)22(3)32/h4-14,19,27H,15-18H2,1-3H3,(H,29,33)/p+1/t27-/m1/s1. The first-order valence-electron chi connectivity index (χ1n) is 11.6. The number of Topliss-reactive ketones (excluding diaryl/α,β-unsaturated/α-hetero) is 1. The zero-order valence-corrected chi connectivity index (χ0v) is 19.6. The van der Waals surface area contributed by atoms with Gasteiger partial charge in [-0.2, -0.15) is 0 Å². The van der Waals surface area contributed by atoms with Gasteiger partial charge in [0, 0.05) is 22.5 Å². The zero-order chi connectivity index (χ0) is 23.4. The molecule has 1 amide bonds. The average Bonchev–Trinajstić information content (AvgIpc) is 2.83. The van der Waals surface area contributed by atoms with Crippen LogP contribution in [0.3, 0.4) is 0 Å². The molecule has 1 aliphatic rings. The van der Waals surface area contributed by atoms with E-state index in [1.807, 2.05) is 80.6 Å². The largest absolute Gasteiger partial charge is 0.360 e. The van der Waals surface area contributed by atoms with Gasteiger partial charge in [0.15, 0.2) is 11.8 Å². The molecule has 2 N–H and O–H groups in total. The van der Waals surface area contributed by atoms with Crippen molar-refractivity contribution in [2.24, 2.45) is 0 Å². The Labute approximate surface area is 196 Å². The molecule has 170 valence electrons. The number of ketones is 1. The molecule has 5 heteroatoms. The first-order chi connectivity index (χ1) is 15.9. The number of benzene rings is 3. The van der Waals surface area contributed by atoms with Crippen molar-refractivity contribution in [2.75, 3.05) is 36.4 Å². The second kappa shape index (κ2) is 10.0. The third-order valence-corrected chi connectivity index (χ3v) is 6.50. The van der Waals surface area contributed by atoms with E-state index in [9.17, 15) is 9.59 Å². The number of carbonyl (C=O) groups excluding carboxylic acids is 2. The van der Waals surface area contributed by atoms with Gasteiger partial charge in [-0.3, -0.25) is 9.59 Å². The van der Waals surface area contributed by atoms with Crippen molar-refractivity contribution < 1.29 is 14.5 Å². The van der Waals surface area contributed by atoms with Crippen LogP contribution in [0.15, 0.2) is 72.8 Å². The summed E-state index contributed by atoms with van der Waals surface area (Å²) in [5, 5.41) is 3.20. The fourth-order valence-corrected chi connectivity index (χ4v) is 4.54. The predicted octanol–water partition coefficient (Wildman–Crippen LogP) is 3.59. The zero-order valence-electron chi connectivity index (χ0n) is 19.6. The molecule has 33 heavy (non-hydrogen) atoms. The second-order valence-electron chi connectivity index (χ2n) is 8.90. The highest BCUT2D eigenvalue weighted by molar-refractivity contribution is 5.95. The lowest BCUT2D eigenvalue weighted by Crippen LogP contribution is -3.16. The summed E-state index contributed by atoms with van der Waals surface area (Å²) in [7, 11) is 0. The van der Waals surface area contributed by atoms with Gasteiger partial charge in [0.05, 0.1) is 26.2 Å². The summed E-state index contributed by atoms with van der Waals surface area (Å²) in [6, 6.07) is 23.8. The molecule has 0 radical (unpaired) electrons. The van der Waals surface area contributed by atoms with Crippen LogP contribution in [0, 0.1) is 13.8 Å². The van der Waals surface area contributed by atoms with Crippen molar-refractivity contribution in [3.8, 4) is 0 Å². The van der Waals surface area contributed by atoms with Gasteiger partial charge in [-0.25, -0.2) is 0 Å². The monoisotopic (exact) mass is 442 g/mol. The van der Waals surface area contributed by atoms with E-state index in [1.165, 1.54) is 4.90 Å². The molecule has 1 atom stereocenters. The Morgan fingerprint density at radius 1 is 0.909 bits per heavy atom. The molecule has 1 heterocycles. The topological polar surface area (TPSA) is 53.9 Å². The Bertz CT molecular complexity index is 1120. The molecular formula is C28H32N3O2+. The lowest BCUT2D eigenvalue weighted by atomic mass is 10.0. The molecule has 1 saturated heterocycles. The van der Waals surface area contributed by atoms with Crippen LogP contribution in [0.2, 0.25) is 0 Å². The van der Waals surface area contributed by atoms with Crippen LogP contribution < -0.4 is 15.1 Å². The van der Waals surface area contributed by atoms with Crippen molar-refractivity contribution >= 4 is 23.1 Å². The van der Waals surface area contributed by atoms with Crippen LogP contribution in [0.5, 0.6) is 0 Å². The van der Waals surface area contributed by atoms with Crippen LogP contribution in [0.25, 0.3) is 0 Å². The summed E-state index contributed by atoms with van der Waals surface area (Å²) in [4.78, 5) is 28.7. The summed E-state index contributed by atoms with van der Waals surface area (Å²) in [6.07, 6.45) is 0. The smallest absolute Gasteiger partial charge is 0.287 e. The molecule has 3 aromatic carbocycles. The fourth-order valence-electron chi connectivity index (χ4n) is 4.54. The number of piperazine rings is 1. The summed E-state index contributed by atoms with van der Waals surface area (Å²) in [5.41, 5.74) is 5.96. The molecule has 0 aromatic heterocycles. The number of nitrogens with one attached hydrogen (secondary N) is 2. The number of nitrogens with zero attached hydrogens (tertiary/aromatic N) is 1. The van der Waals surface area contributed by atoms with Crippen molar-refractivity contribution in [3.05, 3.63) is 95.1 Å². The van der Waals surface area contributed by atoms with E-state index in [4.69, 9.17) is 0 Å². The maximum atomic E-state index is 13.6. The number of aryl methyl sites for hydroxylation is 2. The van der Waals surface area contributed by atoms with Crippen LogP contribution >= 0.6 is 0 Å². The number of quaternary nitrogens is 1. The van der Waals surface area contributed by atoms with Gasteiger partial charge >= 0.3 is 0 Å². The summed E-state index contributed by atoms with van der Waals surface area (Å²) >= 11 is 0. The molecule has 1 fully saturated rings. The maximum absolute atomic E-state index is 13.6. The third kappa shape index (κ3) is 5.32. The van der Waals surface area contributed by atoms with Crippen LogP contribution in [0.4, 0.5) is 11.4 Å². The van der Waals surface area contributed by atoms with E-state index < -0.39 is 0 Å². The number of hydrogen-bond donors (Lipinski definition) is 2. The molecule has 3 aromatic rings. The summed E-state index contributed by atoms with van der Waals surface area (Å²) in [5.74, 6) is 0.112. The van der Waals surface area contributed by atoms with Crippen LogP contribution in [0.1, 0.15) is 40.0 Å². The molecule has 5 nitrogen and oxygen atoms in total. The minimum Gasteiger partial charge on any atom is -0.360 e. The molecule has 0 aliphatic carbocycles. The lowest BCUT2D eigenvalue weighted by molar-refractivity contribution is -0.922. The third-order valence-electron chi connectivity index (χ3n) is 6.50. The van der Waals surface area contributed by atoms with Crippen LogP contribution in [-0.2, 0) is 4.79 Å². The SMILES string of the molecule is CC(=O)c1ccc(N2CC[NH+]([C@@H](C(=O)Nc3cc(C)ccc3C)c3ccccc3)CC2)cc1. The van der Waals surface area contributed by atoms with Crippen molar-refractivity contribution in [1.29, 1.82) is 0 Å². The van der Waals surface area contributed by atoms with E-state index in [0.29, 0.717) is 0 Å². The minimum absolute atomic E-state index is 0.0316. The van der Waals surface area contributed by atoms with Gasteiger partial charge in [-0.05, 0) is 62.2 Å². The molecule has 0 saturated carbocycles. The van der Waals surface area contributed by atoms with Gasteiger partial charge in [0.2, 0.25) is 0 Å². The normalized spacial score (nSPS) is 15.2. The van der Waals surface area contributed by atoms with E-state index in [0.717, 1.165) is 59.8 Å². The van der Waals surface area contributed by atoms with E-state index in [2.05, 4.69) is 16.3 Å². The first kappa shape index (κ1) is 22.7. The van der Waals surface area contributed by atoms with Crippen molar-refractivity contribution in [2.45, 2.75) is 26.8 Å². The summed E-state index contributed by atoms with van der Waals surface area (Å²) in [6.45, 7) is 9.07. The van der Waals surface area contributed by atoms with Gasteiger partial charge in [-0.1, -0.05) is 42.5 Å². The lowest BCUT2D eigenvalue weighted by Gasteiger charge is -2.37.